The summed E-state index contributed by atoms with van der Waals surface area (Å²) in [6.07, 6.45) is 0. The summed E-state index contributed by atoms with van der Waals surface area (Å²) in [6.45, 7) is 6.22. The highest BCUT2D eigenvalue weighted by atomic mass is 19.1. The first-order valence-electron chi connectivity index (χ1n) is 10.5. The fraction of sp³-hybridized carbons (Fsp3) is 0.292. The molecule has 0 atom stereocenters. The number of benzene rings is 2. The highest BCUT2D eigenvalue weighted by Gasteiger charge is 2.24. The van der Waals surface area contributed by atoms with Crippen LogP contribution in [-0.2, 0) is 0 Å². The summed E-state index contributed by atoms with van der Waals surface area (Å²) in [5.41, 5.74) is 2.47. The van der Waals surface area contributed by atoms with E-state index in [4.69, 9.17) is 4.74 Å². The number of rotatable bonds is 5. The van der Waals surface area contributed by atoms with Gasteiger partial charge in [-0.15, -0.1) is 0 Å². The number of methoxy groups -OCH3 is 1. The Morgan fingerprint density at radius 2 is 1.72 bits per heavy atom. The average molecular weight is 436 g/mol. The molecule has 1 aromatic heterocycles. The van der Waals surface area contributed by atoms with Crippen LogP contribution in [0.2, 0.25) is 0 Å². The number of anilines is 3. The van der Waals surface area contributed by atoms with Crippen molar-refractivity contribution >= 4 is 23.2 Å². The van der Waals surface area contributed by atoms with Gasteiger partial charge in [-0.05, 0) is 44.2 Å². The molecule has 0 radical (unpaired) electrons. The van der Waals surface area contributed by atoms with E-state index >= 15 is 0 Å². The quantitative estimate of drug-likeness (QED) is 0.655. The number of aromatic nitrogens is 2. The lowest BCUT2D eigenvalue weighted by Gasteiger charge is -2.35. The number of aryl methyl sites for hydroxylation is 2. The lowest BCUT2D eigenvalue weighted by molar-refractivity contribution is 0.0746. The van der Waals surface area contributed by atoms with E-state index in [0.29, 0.717) is 37.6 Å². The summed E-state index contributed by atoms with van der Waals surface area (Å²) in [5.74, 6) is 1.61. The van der Waals surface area contributed by atoms with Gasteiger partial charge < -0.3 is 19.9 Å². The van der Waals surface area contributed by atoms with E-state index in [-0.39, 0.29) is 11.7 Å². The van der Waals surface area contributed by atoms with Crippen molar-refractivity contribution in [3.05, 3.63) is 71.3 Å². The molecule has 1 N–H and O–H groups in total. The van der Waals surface area contributed by atoms with E-state index in [9.17, 15) is 9.18 Å². The second kappa shape index (κ2) is 9.21. The normalized spacial score (nSPS) is 13.8. The Hall–Kier alpha value is -3.68. The first-order valence-corrected chi connectivity index (χ1v) is 10.5. The van der Waals surface area contributed by atoms with Crippen LogP contribution < -0.4 is 15.0 Å². The molecular weight excluding hydrogens is 409 g/mol. The third-order valence-electron chi connectivity index (χ3n) is 5.44. The third-order valence-corrected chi connectivity index (χ3v) is 5.44. The highest BCUT2D eigenvalue weighted by Crippen LogP contribution is 2.23. The smallest absolute Gasteiger partial charge is 0.254 e. The number of carbonyl (C=O) groups is 1. The van der Waals surface area contributed by atoms with Crippen molar-refractivity contribution in [1.29, 1.82) is 0 Å². The zero-order chi connectivity index (χ0) is 22.7. The average Bonchev–Trinajstić information content (AvgIpc) is 2.80. The maximum absolute atomic E-state index is 14.0. The monoisotopic (exact) mass is 435 g/mol. The molecule has 0 bridgehead atoms. The van der Waals surface area contributed by atoms with Gasteiger partial charge in [0.05, 0.1) is 7.11 Å². The van der Waals surface area contributed by atoms with Gasteiger partial charge in [0, 0.05) is 43.5 Å². The highest BCUT2D eigenvalue weighted by molar-refractivity contribution is 5.94. The molecule has 4 rings (SSSR count). The van der Waals surface area contributed by atoms with Crippen LogP contribution in [0.1, 0.15) is 21.7 Å². The Labute approximate surface area is 186 Å². The van der Waals surface area contributed by atoms with Gasteiger partial charge in [0.1, 0.15) is 17.5 Å². The minimum Gasteiger partial charge on any atom is -0.494 e. The van der Waals surface area contributed by atoms with E-state index in [1.54, 1.807) is 11.0 Å². The largest absolute Gasteiger partial charge is 0.494 e. The molecule has 2 aromatic carbocycles. The third kappa shape index (κ3) is 4.80. The van der Waals surface area contributed by atoms with Gasteiger partial charge in [0.2, 0.25) is 0 Å². The first-order chi connectivity index (χ1) is 15.4. The molecule has 1 fully saturated rings. The maximum atomic E-state index is 14.0. The van der Waals surface area contributed by atoms with Crippen molar-refractivity contribution in [3.63, 3.8) is 0 Å². The van der Waals surface area contributed by atoms with Crippen LogP contribution in [-0.4, -0.2) is 54.1 Å². The standard InChI is InChI=1S/C24H26FN5O2/c1-16-4-7-19(8-5-16)28-22-15-23(27-17(2)26-22)29-10-12-30(13-11-29)24(31)18-6-9-21(32-3)20(25)14-18/h4-9,14-15H,10-13H2,1-3H3,(H,26,27,28). The zero-order valence-corrected chi connectivity index (χ0v) is 18.4. The Kier molecular flexibility index (Phi) is 6.20. The SMILES string of the molecule is COc1ccc(C(=O)N2CCN(c3cc(Nc4ccc(C)cc4)nc(C)n3)CC2)cc1F. The summed E-state index contributed by atoms with van der Waals surface area (Å²) >= 11 is 0. The number of hydrogen-bond acceptors (Lipinski definition) is 6. The number of ether oxygens (including phenoxy) is 1. The molecular formula is C24H26FN5O2. The molecule has 7 nitrogen and oxygen atoms in total. The Balaban J connectivity index is 1.42. The molecule has 1 aliphatic rings. The van der Waals surface area contributed by atoms with E-state index in [1.165, 1.54) is 24.8 Å². The Bertz CT molecular complexity index is 1110. The van der Waals surface area contributed by atoms with E-state index in [1.807, 2.05) is 44.2 Å². The molecule has 1 aliphatic heterocycles. The van der Waals surface area contributed by atoms with Gasteiger partial charge in [-0.25, -0.2) is 14.4 Å². The molecule has 8 heteroatoms. The van der Waals surface area contributed by atoms with Crippen LogP contribution >= 0.6 is 0 Å². The lowest BCUT2D eigenvalue weighted by atomic mass is 10.1. The van der Waals surface area contributed by atoms with Gasteiger partial charge in [0.25, 0.3) is 5.91 Å². The number of nitrogens with one attached hydrogen (secondary N) is 1. The van der Waals surface area contributed by atoms with Crippen molar-refractivity contribution in [1.82, 2.24) is 14.9 Å². The van der Waals surface area contributed by atoms with Crippen molar-refractivity contribution in [2.45, 2.75) is 13.8 Å². The van der Waals surface area contributed by atoms with Gasteiger partial charge in [-0.3, -0.25) is 4.79 Å². The summed E-state index contributed by atoms with van der Waals surface area (Å²) in [5, 5.41) is 3.33. The van der Waals surface area contributed by atoms with Gasteiger partial charge >= 0.3 is 0 Å². The van der Waals surface area contributed by atoms with Crippen LogP contribution in [0.4, 0.5) is 21.7 Å². The molecule has 0 aliphatic carbocycles. The molecule has 1 amide bonds. The second-order valence-electron chi connectivity index (χ2n) is 7.78. The van der Waals surface area contributed by atoms with Crippen molar-refractivity contribution < 1.29 is 13.9 Å². The van der Waals surface area contributed by atoms with Gasteiger partial charge in [0.15, 0.2) is 11.6 Å². The van der Waals surface area contributed by atoms with Gasteiger partial charge in [-0.2, -0.15) is 0 Å². The van der Waals surface area contributed by atoms with Crippen LogP contribution in [0.25, 0.3) is 0 Å². The van der Waals surface area contributed by atoms with E-state index in [0.717, 1.165) is 17.3 Å². The number of hydrogen-bond donors (Lipinski definition) is 1. The van der Waals surface area contributed by atoms with Crippen LogP contribution in [0.15, 0.2) is 48.5 Å². The van der Waals surface area contributed by atoms with E-state index < -0.39 is 5.82 Å². The molecule has 166 valence electrons. The number of piperazine rings is 1. The van der Waals surface area contributed by atoms with Crippen LogP contribution in [0.5, 0.6) is 5.75 Å². The fourth-order valence-electron chi connectivity index (χ4n) is 3.68. The van der Waals surface area contributed by atoms with Gasteiger partial charge in [-0.1, -0.05) is 17.7 Å². The summed E-state index contributed by atoms with van der Waals surface area (Å²) < 4.78 is 18.9. The second-order valence-corrected chi connectivity index (χ2v) is 7.78. The number of nitrogens with zero attached hydrogens (tertiary/aromatic N) is 4. The molecule has 32 heavy (non-hydrogen) atoms. The minimum absolute atomic E-state index is 0.126. The Morgan fingerprint density at radius 1 is 1.00 bits per heavy atom. The molecule has 0 spiro atoms. The van der Waals surface area contributed by atoms with Crippen LogP contribution in [0.3, 0.4) is 0 Å². The summed E-state index contributed by atoms with van der Waals surface area (Å²) in [4.78, 5) is 25.7. The number of halogens is 1. The molecule has 1 saturated heterocycles. The molecule has 3 aromatic rings. The molecule has 2 heterocycles. The van der Waals surface area contributed by atoms with Crippen molar-refractivity contribution in [3.8, 4) is 5.75 Å². The van der Waals surface area contributed by atoms with Crippen molar-refractivity contribution in [2.24, 2.45) is 0 Å². The number of amides is 1. The zero-order valence-electron chi connectivity index (χ0n) is 18.4. The first kappa shape index (κ1) is 21.5. The van der Waals surface area contributed by atoms with Crippen LogP contribution in [0, 0.1) is 19.7 Å². The fourth-order valence-corrected chi connectivity index (χ4v) is 3.68. The molecule has 0 saturated carbocycles. The predicted octanol–water partition coefficient (Wildman–Crippen LogP) is 3.95. The maximum Gasteiger partial charge on any atom is 0.254 e. The Morgan fingerprint density at radius 3 is 2.38 bits per heavy atom. The minimum atomic E-state index is -0.540. The summed E-state index contributed by atoms with van der Waals surface area (Å²) in [6, 6.07) is 14.3. The topological polar surface area (TPSA) is 70.6 Å². The van der Waals surface area contributed by atoms with E-state index in [2.05, 4.69) is 20.2 Å². The van der Waals surface area contributed by atoms with Crippen molar-refractivity contribution in [2.75, 3.05) is 43.5 Å². The number of carbonyl (C=O) groups excluding carboxylic acids is 1. The lowest BCUT2D eigenvalue weighted by Crippen LogP contribution is -2.49. The predicted molar refractivity (Wildman–Crippen MR) is 122 cm³/mol. The summed E-state index contributed by atoms with van der Waals surface area (Å²) in [7, 11) is 1.40. The molecule has 0 unspecified atom stereocenters.